The Morgan fingerprint density at radius 2 is 2.05 bits per heavy atom. The van der Waals surface area contributed by atoms with Crippen LogP contribution in [0, 0.1) is 0 Å². The minimum absolute atomic E-state index is 0.235. The molecule has 0 unspecified atom stereocenters. The predicted molar refractivity (Wildman–Crippen MR) is 74.1 cm³/mol. The van der Waals surface area contributed by atoms with Gasteiger partial charge in [-0.05, 0) is 37.6 Å². The highest BCUT2D eigenvalue weighted by molar-refractivity contribution is 5.76. The highest BCUT2D eigenvalue weighted by atomic mass is 16.5. The highest BCUT2D eigenvalue weighted by Crippen LogP contribution is 2.30. The van der Waals surface area contributed by atoms with Gasteiger partial charge in [-0.2, -0.15) is 0 Å². The third-order valence-electron chi connectivity index (χ3n) is 3.60. The molecule has 1 aliphatic heterocycles. The number of benzene rings is 1. The van der Waals surface area contributed by atoms with Crippen LogP contribution in [0.2, 0.25) is 0 Å². The minimum atomic E-state index is 0.235. The van der Waals surface area contributed by atoms with Crippen LogP contribution in [0.15, 0.2) is 18.2 Å². The summed E-state index contributed by atoms with van der Waals surface area (Å²) < 4.78 is 11.3. The van der Waals surface area contributed by atoms with Gasteiger partial charge in [-0.25, -0.2) is 0 Å². The number of aldehydes is 1. The average Bonchev–Trinajstić information content (AvgIpc) is 2.48. The van der Waals surface area contributed by atoms with Crippen molar-refractivity contribution in [3.05, 3.63) is 23.8 Å². The molecule has 0 aliphatic carbocycles. The van der Waals surface area contributed by atoms with Crippen molar-refractivity contribution in [2.45, 2.75) is 25.9 Å². The van der Waals surface area contributed by atoms with E-state index in [-0.39, 0.29) is 6.10 Å². The van der Waals surface area contributed by atoms with Crippen molar-refractivity contribution in [1.29, 1.82) is 0 Å². The van der Waals surface area contributed by atoms with E-state index in [1.165, 1.54) is 0 Å². The topological polar surface area (TPSA) is 38.8 Å². The first-order valence-electron chi connectivity index (χ1n) is 6.79. The second-order valence-corrected chi connectivity index (χ2v) is 4.78. The van der Waals surface area contributed by atoms with Crippen LogP contribution in [-0.4, -0.2) is 44.0 Å². The van der Waals surface area contributed by atoms with Gasteiger partial charge in [0.1, 0.15) is 12.4 Å². The Bertz CT molecular complexity index is 425. The van der Waals surface area contributed by atoms with Gasteiger partial charge in [-0.3, -0.25) is 4.79 Å². The molecular formula is C15H21NO3. The molecular weight excluding hydrogens is 242 g/mol. The quantitative estimate of drug-likeness (QED) is 0.765. The van der Waals surface area contributed by atoms with E-state index >= 15 is 0 Å². The summed E-state index contributed by atoms with van der Waals surface area (Å²) in [5, 5.41) is 0. The lowest BCUT2D eigenvalue weighted by Crippen LogP contribution is -2.38. The number of nitrogens with zero attached hydrogens (tertiary/aromatic N) is 1. The van der Waals surface area contributed by atoms with Gasteiger partial charge in [0.15, 0.2) is 11.5 Å². The maximum absolute atomic E-state index is 10.7. The number of hydrogen-bond donors (Lipinski definition) is 0. The molecule has 0 aromatic heterocycles. The Labute approximate surface area is 114 Å². The number of carbonyl (C=O) groups is 1. The van der Waals surface area contributed by atoms with Gasteiger partial charge in [0.25, 0.3) is 0 Å². The number of rotatable bonds is 5. The van der Waals surface area contributed by atoms with E-state index in [9.17, 15) is 4.79 Å². The third-order valence-corrected chi connectivity index (χ3v) is 3.60. The highest BCUT2D eigenvalue weighted by Gasteiger charge is 2.20. The summed E-state index contributed by atoms with van der Waals surface area (Å²) in [6.07, 6.45) is 3.11. The van der Waals surface area contributed by atoms with E-state index in [4.69, 9.17) is 9.47 Å². The van der Waals surface area contributed by atoms with Crippen molar-refractivity contribution < 1.29 is 14.3 Å². The Morgan fingerprint density at radius 3 is 2.63 bits per heavy atom. The number of piperidine rings is 1. The predicted octanol–water partition coefficient (Wildman–Crippen LogP) is 2.37. The fourth-order valence-electron chi connectivity index (χ4n) is 2.38. The van der Waals surface area contributed by atoms with Crippen molar-refractivity contribution in [2.24, 2.45) is 0 Å². The molecule has 19 heavy (non-hydrogen) atoms. The summed E-state index contributed by atoms with van der Waals surface area (Å²) in [5.74, 6) is 1.35. The Morgan fingerprint density at radius 1 is 1.32 bits per heavy atom. The van der Waals surface area contributed by atoms with Crippen molar-refractivity contribution in [3.8, 4) is 11.5 Å². The molecule has 4 heteroatoms. The molecule has 0 spiro atoms. The van der Waals surface area contributed by atoms with Gasteiger partial charge in [0, 0.05) is 18.7 Å². The first-order valence-corrected chi connectivity index (χ1v) is 6.79. The van der Waals surface area contributed by atoms with Gasteiger partial charge in [-0.15, -0.1) is 0 Å². The number of hydrogen-bond acceptors (Lipinski definition) is 4. The second-order valence-electron chi connectivity index (χ2n) is 4.78. The number of methoxy groups -OCH3 is 1. The van der Waals surface area contributed by atoms with Crippen LogP contribution in [0.5, 0.6) is 11.5 Å². The number of ether oxygens (including phenoxy) is 2. The van der Waals surface area contributed by atoms with E-state index in [2.05, 4.69) is 11.8 Å². The standard InChI is InChI=1S/C15H21NO3/c1-3-16-8-6-13(7-9-16)19-14-5-4-12(11-17)10-15(14)18-2/h4-5,10-11,13H,3,6-9H2,1-2H3. The van der Waals surface area contributed by atoms with Crippen LogP contribution in [0.1, 0.15) is 30.1 Å². The second kappa shape index (κ2) is 6.57. The summed E-state index contributed by atoms with van der Waals surface area (Å²) in [7, 11) is 1.59. The lowest BCUT2D eigenvalue weighted by molar-refractivity contribution is 0.101. The van der Waals surface area contributed by atoms with Crippen LogP contribution < -0.4 is 9.47 Å². The third kappa shape index (κ3) is 3.47. The van der Waals surface area contributed by atoms with Crippen molar-refractivity contribution in [1.82, 2.24) is 4.90 Å². The Balaban J connectivity index is 2.01. The SMILES string of the molecule is CCN1CCC(Oc2ccc(C=O)cc2OC)CC1. The van der Waals surface area contributed by atoms with E-state index in [1.54, 1.807) is 19.2 Å². The monoisotopic (exact) mass is 263 g/mol. The van der Waals surface area contributed by atoms with Crippen molar-refractivity contribution in [3.63, 3.8) is 0 Å². The average molecular weight is 263 g/mol. The molecule has 1 aromatic carbocycles. The molecule has 0 atom stereocenters. The van der Waals surface area contributed by atoms with Crippen molar-refractivity contribution >= 4 is 6.29 Å². The molecule has 0 radical (unpaired) electrons. The van der Waals surface area contributed by atoms with Gasteiger partial charge in [-0.1, -0.05) is 6.92 Å². The molecule has 1 aliphatic rings. The van der Waals surface area contributed by atoms with E-state index in [0.717, 1.165) is 44.5 Å². The first kappa shape index (κ1) is 13.9. The smallest absolute Gasteiger partial charge is 0.161 e. The van der Waals surface area contributed by atoms with E-state index in [1.807, 2.05) is 6.07 Å². The molecule has 4 nitrogen and oxygen atoms in total. The van der Waals surface area contributed by atoms with Crippen LogP contribution in [0.25, 0.3) is 0 Å². The largest absolute Gasteiger partial charge is 0.493 e. The summed E-state index contributed by atoms with van der Waals surface area (Å²) in [4.78, 5) is 13.2. The zero-order valence-corrected chi connectivity index (χ0v) is 11.6. The molecule has 0 N–H and O–H groups in total. The van der Waals surface area contributed by atoms with Crippen LogP contribution in [0.3, 0.4) is 0 Å². The first-order chi connectivity index (χ1) is 9.26. The zero-order chi connectivity index (χ0) is 13.7. The lowest BCUT2D eigenvalue weighted by Gasteiger charge is -2.31. The Kier molecular flexibility index (Phi) is 4.80. The van der Waals surface area contributed by atoms with E-state index < -0.39 is 0 Å². The van der Waals surface area contributed by atoms with E-state index in [0.29, 0.717) is 11.3 Å². The lowest BCUT2D eigenvalue weighted by atomic mass is 10.1. The zero-order valence-electron chi connectivity index (χ0n) is 11.6. The van der Waals surface area contributed by atoms with Gasteiger partial charge in [0.2, 0.25) is 0 Å². The molecule has 1 fully saturated rings. The molecule has 0 amide bonds. The van der Waals surface area contributed by atoms with Gasteiger partial charge in [0.05, 0.1) is 7.11 Å². The van der Waals surface area contributed by atoms with Crippen LogP contribution >= 0.6 is 0 Å². The minimum Gasteiger partial charge on any atom is -0.493 e. The fourth-order valence-corrected chi connectivity index (χ4v) is 2.38. The summed E-state index contributed by atoms with van der Waals surface area (Å²) >= 11 is 0. The number of carbonyl (C=O) groups excluding carboxylic acids is 1. The van der Waals surface area contributed by atoms with Crippen molar-refractivity contribution in [2.75, 3.05) is 26.7 Å². The molecule has 1 saturated heterocycles. The van der Waals surface area contributed by atoms with Gasteiger partial charge < -0.3 is 14.4 Å². The fraction of sp³-hybridized carbons (Fsp3) is 0.533. The normalized spacial score (nSPS) is 17.2. The summed E-state index contributed by atoms with van der Waals surface area (Å²) in [6.45, 7) is 5.44. The molecule has 0 saturated carbocycles. The number of likely N-dealkylation sites (tertiary alicyclic amines) is 1. The molecule has 1 heterocycles. The molecule has 2 rings (SSSR count). The molecule has 0 bridgehead atoms. The maximum Gasteiger partial charge on any atom is 0.161 e. The Hall–Kier alpha value is -1.55. The van der Waals surface area contributed by atoms with Gasteiger partial charge >= 0.3 is 0 Å². The molecule has 104 valence electrons. The van der Waals surface area contributed by atoms with Crippen LogP contribution in [-0.2, 0) is 0 Å². The van der Waals surface area contributed by atoms with Crippen LogP contribution in [0.4, 0.5) is 0 Å². The summed E-state index contributed by atoms with van der Waals surface area (Å²) in [5.41, 5.74) is 0.602. The molecule has 1 aromatic rings. The maximum atomic E-state index is 10.7. The summed E-state index contributed by atoms with van der Waals surface area (Å²) in [6, 6.07) is 5.28.